The van der Waals surface area contributed by atoms with Crippen molar-refractivity contribution in [2.75, 3.05) is 5.73 Å². The lowest BCUT2D eigenvalue weighted by molar-refractivity contribution is -0.122. The largest absolute Gasteiger partial charge is 0.483 e. The summed E-state index contributed by atoms with van der Waals surface area (Å²) in [4.78, 5) is 24.5. The van der Waals surface area contributed by atoms with Crippen molar-refractivity contribution in [3.63, 3.8) is 0 Å². The second kappa shape index (κ2) is 24.5. The quantitative estimate of drug-likeness (QED) is 0.201. The molecule has 1 aromatic heterocycles. The molecule has 2 aromatic rings. The lowest BCUT2D eigenvalue weighted by Gasteiger charge is -2.40. The van der Waals surface area contributed by atoms with Crippen molar-refractivity contribution < 1.29 is 23.1 Å². The predicted molar refractivity (Wildman–Crippen MR) is 171 cm³/mol. The molecule has 1 heterocycles. The van der Waals surface area contributed by atoms with Crippen LogP contribution in [0.15, 0.2) is 40.9 Å². The van der Waals surface area contributed by atoms with E-state index >= 15 is 0 Å². The van der Waals surface area contributed by atoms with Crippen LogP contribution < -0.4 is 22.8 Å². The number of alkyl halides is 3. The Morgan fingerprint density at radius 2 is 1.67 bits per heavy atom. The van der Waals surface area contributed by atoms with Crippen LogP contribution in [0, 0.1) is 5.41 Å². The first-order valence-corrected chi connectivity index (χ1v) is 14.3. The van der Waals surface area contributed by atoms with Crippen molar-refractivity contribution in [2.24, 2.45) is 23.9 Å². The fraction of sp³-hybridized carbons (Fsp3) is 0.567. The minimum Gasteiger partial charge on any atom is -0.483 e. The molecular formula is C30H51ClF3N5O3. The molecule has 1 aromatic carbocycles. The molecule has 42 heavy (non-hydrogen) atoms. The maximum absolute atomic E-state index is 12.0. The van der Waals surface area contributed by atoms with Gasteiger partial charge in [0.2, 0.25) is 5.95 Å². The zero-order valence-corrected chi connectivity index (χ0v) is 27.0. The van der Waals surface area contributed by atoms with Crippen LogP contribution in [0.4, 0.5) is 19.1 Å². The molecular weight excluding hydrogens is 571 g/mol. The molecule has 8 nitrogen and oxygen atoms in total. The third-order valence-electron chi connectivity index (χ3n) is 6.74. The Morgan fingerprint density at radius 3 is 1.98 bits per heavy atom. The number of halogens is 4. The van der Waals surface area contributed by atoms with Crippen molar-refractivity contribution >= 4 is 34.9 Å². The highest BCUT2D eigenvalue weighted by Crippen LogP contribution is 2.46. The van der Waals surface area contributed by atoms with E-state index in [0.717, 1.165) is 23.0 Å². The van der Waals surface area contributed by atoms with Gasteiger partial charge >= 0.3 is 6.68 Å². The number of nitrogens with two attached hydrogens (primary N) is 3. The highest BCUT2D eigenvalue weighted by Gasteiger charge is 2.32. The summed E-state index contributed by atoms with van der Waals surface area (Å²) in [6, 6.07) is 3.57. The maximum atomic E-state index is 12.0. The lowest BCUT2D eigenvalue weighted by atomic mass is 9.65. The van der Waals surface area contributed by atoms with Crippen LogP contribution in [0.3, 0.4) is 0 Å². The number of carbonyl (C=O) groups is 1. The van der Waals surface area contributed by atoms with E-state index in [1.54, 1.807) is 19.2 Å². The highest BCUT2D eigenvalue weighted by atomic mass is 35.5. The number of benzene rings is 1. The van der Waals surface area contributed by atoms with E-state index in [0.29, 0.717) is 15.9 Å². The number of fused-ring (bicyclic) bond motifs is 1. The molecule has 1 fully saturated rings. The molecule has 7 N–H and O–H groups in total. The number of nitrogens with zero attached hydrogens (tertiary/aromatic N) is 2. The maximum Gasteiger partial charge on any atom is 0.379 e. The van der Waals surface area contributed by atoms with Crippen LogP contribution in [-0.4, -0.2) is 33.9 Å². The molecule has 0 amide bonds. The van der Waals surface area contributed by atoms with E-state index in [2.05, 4.69) is 18.8 Å². The van der Waals surface area contributed by atoms with Crippen LogP contribution in [0.1, 0.15) is 86.1 Å². The Labute approximate surface area is 253 Å². The predicted octanol–water partition coefficient (Wildman–Crippen LogP) is 7.37. The molecule has 1 unspecified atom stereocenters. The van der Waals surface area contributed by atoms with Gasteiger partial charge in [-0.15, -0.1) is 0 Å². The van der Waals surface area contributed by atoms with Gasteiger partial charge in [-0.05, 0) is 68.5 Å². The summed E-state index contributed by atoms with van der Waals surface area (Å²) >= 11 is 5.96. The van der Waals surface area contributed by atoms with Crippen LogP contribution in [0.25, 0.3) is 10.9 Å². The average Bonchev–Trinajstić information content (AvgIpc) is 2.92. The van der Waals surface area contributed by atoms with Gasteiger partial charge in [0.1, 0.15) is 0 Å². The minimum absolute atomic E-state index is 0.126. The SMILES string of the molecule is C/C(=C/C=C\N)C(C)N.CC.CCC1(CC)CCC1.CCc1cc(Cl)cc2c(=O)n(C)c(N)nc12.FC(F)F.O=CO. The van der Waals surface area contributed by atoms with Gasteiger partial charge in [-0.1, -0.05) is 77.1 Å². The number of hydrogen-bond donors (Lipinski definition) is 4. The summed E-state index contributed by atoms with van der Waals surface area (Å²) in [7, 11) is 1.59. The summed E-state index contributed by atoms with van der Waals surface area (Å²) in [6.07, 6.45) is 13.2. The van der Waals surface area contributed by atoms with E-state index in [9.17, 15) is 18.0 Å². The van der Waals surface area contributed by atoms with Crippen LogP contribution in [0.2, 0.25) is 5.02 Å². The van der Waals surface area contributed by atoms with Crippen molar-refractivity contribution in [1.82, 2.24) is 9.55 Å². The summed E-state index contributed by atoms with van der Waals surface area (Å²) in [5.74, 6) is 0.217. The molecule has 0 bridgehead atoms. The Kier molecular flexibility index (Phi) is 25.4. The standard InChI is InChI=1S/C11H12ClN3O.C8H16.C7H14N2.C2H6.CHF3.CH2O2/c1-3-6-4-7(12)5-8-9(6)14-11(13)15(2)10(8)16;1-3-8(4-2)6-5-7-8;1-6(7(2)9)4-3-5-8;1-2;2-1(3)4;2-1-3/h4-5H,3H2,1-2H3,(H2,13,14);3-7H2,1-2H3;3-5,7H,8-9H2,1-2H3;1-2H3;1H;1H,(H,2,3)/b;;5-3-,6-4-;;;. The number of aromatic nitrogens is 2. The van der Waals surface area contributed by atoms with Gasteiger partial charge < -0.3 is 22.3 Å². The van der Waals surface area contributed by atoms with Gasteiger partial charge in [0.05, 0.1) is 10.9 Å². The van der Waals surface area contributed by atoms with E-state index in [1.165, 1.54) is 42.9 Å². The summed E-state index contributed by atoms with van der Waals surface area (Å²) in [5.41, 5.74) is 19.7. The molecule has 0 radical (unpaired) electrons. The Bertz CT molecular complexity index is 1120. The third-order valence-corrected chi connectivity index (χ3v) is 6.96. The Hall–Kier alpha value is -3.05. The van der Waals surface area contributed by atoms with E-state index in [-0.39, 0.29) is 24.0 Å². The van der Waals surface area contributed by atoms with Crippen molar-refractivity contribution in [3.8, 4) is 0 Å². The molecule has 1 saturated carbocycles. The first-order chi connectivity index (χ1) is 19.7. The van der Waals surface area contributed by atoms with Crippen molar-refractivity contribution in [3.05, 3.63) is 57.0 Å². The van der Waals surface area contributed by atoms with Gasteiger partial charge in [0, 0.05) is 18.1 Å². The zero-order valence-electron chi connectivity index (χ0n) is 26.3. The molecule has 12 heteroatoms. The van der Waals surface area contributed by atoms with E-state index < -0.39 is 6.68 Å². The number of rotatable bonds is 5. The number of anilines is 1. The average molecular weight is 622 g/mol. The topological polar surface area (TPSA) is 150 Å². The fourth-order valence-electron chi connectivity index (χ4n) is 3.69. The molecule has 0 aliphatic heterocycles. The molecule has 1 aliphatic rings. The molecule has 0 saturated heterocycles. The van der Waals surface area contributed by atoms with Crippen LogP contribution in [0.5, 0.6) is 0 Å². The van der Waals surface area contributed by atoms with E-state index in [1.807, 2.05) is 46.8 Å². The Balaban J connectivity index is -0.000000502. The van der Waals surface area contributed by atoms with Crippen molar-refractivity contribution in [2.45, 2.75) is 99.7 Å². The van der Waals surface area contributed by atoms with Gasteiger partial charge in [0.25, 0.3) is 12.0 Å². The molecule has 1 aliphatic carbocycles. The second-order valence-electron chi connectivity index (χ2n) is 9.15. The minimum atomic E-state index is -3.67. The van der Waals surface area contributed by atoms with Gasteiger partial charge in [-0.25, -0.2) is 4.98 Å². The number of allylic oxidation sites excluding steroid dienone is 2. The summed E-state index contributed by atoms with van der Waals surface area (Å²) in [6.45, 7) is 10.6. The number of hydrogen-bond acceptors (Lipinski definition) is 6. The zero-order chi connectivity index (χ0) is 33.5. The van der Waals surface area contributed by atoms with E-state index in [4.69, 9.17) is 38.7 Å². The Morgan fingerprint density at radius 1 is 1.19 bits per heavy atom. The smallest absolute Gasteiger partial charge is 0.379 e. The van der Waals surface area contributed by atoms with Crippen LogP contribution >= 0.6 is 11.6 Å². The summed E-state index contributed by atoms with van der Waals surface area (Å²) < 4.78 is 30.3. The first kappa shape index (κ1) is 43.4. The molecule has 242 valence electrons. The summed E-state index contributed by atoms with van der Waals surface area (Å²) in [5, 5.41) is 7.95. The monoisotopic (exact) mass is 621 g/mol. The molecule has 3 rings (SSSR count). The third kappa shape index (κ3) is 17.0. The normalized spacial score (nSPS) is 13.7. The molecule has 0 spiro atoms. The van der Waals surface area contributed by atoms with Crippen LogP contribution in [-0.2, 0) is 18.3 Å². The first-order valence-electron chi connectivity index (χ1n) is 14.0. The van der Waals surface area contributed by atoms with Gasteiger partial charge in [0.15, 0.2) is 0 Å². The van der Waals surface area contributed by atoms with Gasteiger partial charge in [-0.3, -0.25) is 14.2 Å². The number of aryl methyl sites for hydroxylation is 1. The number of nitrogen functional groups attached to an aromatic ring is 1. The fourth-order valence-corrected chi connectivity index (χ4v) is 3.93. The molecule has 1 atom stereocenters. The highest BCUT2D eigenvalue weighted by molar-refractivity contribution is 6.31. The number of carboxylic acid groups (broad SMARTS) is 1. The van der Waals surface area contributed by atoms with Crippen molar-refractivity contribution in [1.29, 1.82) is 0 Å². The lowest BCUT2D eigenvalue weighted by Crippen LogP contribution is -2.27. The van der Waals surface area contributed by atoms with Gasteiger partial charge in [-0.2, -0.15) is 13.2 Å². The second-order valence-corrected chi connectivity index (χ2v) is 9.58.